The Hall–Kier alpha value is -1.31. The molecular weight excluding hydrogens is 234 g/mol. The Kier molecular flexibility index (Phi) is 3.46. The zero-order valence-corrected chi connectivity index (χ0v) is 12.7. The smallest absolute Gasteiger partial charge is 0.224 e. The first-order valence-electron chi connectivity index (χ1n) is 7.11. The maximum atomic E-state index is 12.3. The van der Waals surface area contributed by atoms with Gasteiger partial charge in [0.15, 0.2) is 0 Å². The molecule has 19 heavy (non-hydrogen) atoms. The van der Waals surface area contributed by atoms with Crippen LogP contribution in [0.1, 0.15) is 46.1 Å². The highest BCUT2D eigenvalue weighted by Crippen LogP contribution is 2.68. The molecule has 1 aromatic rings. The molecule has 0 aromatic heterocycles. The van der Waals surface area contributed by atoms with Gasteiger partial charge in [0.25, 0.3) is 0 Å². The Morgan fingerprint density at radius 1 is 1.16 bits per heavy atom. The molecule has 0 bridgehead atoms. The second-order valence-corrected chi connectivity index (χ2v) is 6.93. The summed E-state index contributed by atoms with van der Waals surface area (Å²) < 4.78 is 0. The van der Waals surface area contributed by atoms with E-state index in [0.29, 0.717) is 12.5 Å². The molecule has 2 nitrogen and oxygen atoms in total. The van der Waals surface area contributed by atoms with Crippen LogP contribution in [-0.4, -0.2) is 12.5 Å². The number of hydrogen-bond acceptors (Lipinski definition) is 1. The standard InChI is InChI=1S/C17H25NO/c1-12(13-9-7-6-8-10-13)11-18-15(19)14-16(2,3)17(14,4)5/h6-10,12,14H,11H2,1-5H3,(H,18,19). The lowest BCUT2D eigenvalue weighted by molar-refractivity contribution is -0.123. The highest BCUT2D eigenvalue weighted by Gasteiger charge is 2.68. The fraction of sp³-hybridized carbons (Fsp3) is 0.588. The second kappa shape index (κ2) is 4.66. The second-order valence-electron chi connectivity index (χ2n) is 6.93. The minimum absolute atomic E-state index is 0.118. The molecule has 0 radical (unpaired) electrons. The molecular formula is C17H25NO. The quantitative estimate of drug-likeness (QED) is 0.879. The maximum Gasteiger partial charge on any atom is 0.224 e. The largest absolute Gasteiger partial charge is 0.355 e. The van der Waals surface area contributed by atoms with Crippen LogP contribution in [0.25, 0.3) is 0 Å². The van der Waals surface area contributed by atoms with Crippen molar-refractivity contribution in [3.8, 4) is 0 Å². The van der Waals surface area contributed by atoms with Crippen LogP contribution in [0.4, 0.5) is 0 Å². The van der Waals surface area contributed by atoms with Crippen LogP contribution in [0.3, 0.4) is 0 Å². The Balaban J connectivity index is 1.89. The minimum Gasteiger partial charge on any atom is -0.355 e. The Morgan fingerprint density at radius 3 is 2.16 bits per heavy atom. The summed E-state index contributed by atoms with van der Waals surface area (Å²) in [4.78, 5) is 12.3. The zero-order chi connectivity index (χ0) is 14.3. The van der Waals surface area contributed by atoms with E-state index >= 15 is 0 Å². The zero-order valence-electron chi connectivity index (χ0n) is 12.7. The molecule has 1 aliphatic rings. The fourth-order valence-corrected chi connectivity index (χ4v) is 3.11. The van der Waals surface area contributed by atoms with Gasteiger partial charge in [-0.3, -0.25) is 4.79 Å². The number of rotatable bonds is 4. The van der Waals surface area contributed by atoms with Crippen LogP contribution < -0.4 is 5.32 Å². The normalized spacial score (nSPS) is 21.7. The van der Waals surface area contributed by atoms with Crippen molar-refractivity contribution < 1.29 is 4.79 Å². The van der Waals surface area contributed by atoms with Crippen LogP contribution in [0.2, 0.25) is 0 Å². The van der Waals surface area contributed by atoms with Gasteiger partial charge in [0.2, 0.25) is 5.91 Å². The molecule has 1 unspecified atom stereocenters. The van der Waals surface area contributed by atoms with Crippen molar-refractivity contribution in [2.24, 2.45) is 16.7 Å². The van der Waals surface area contributed by atoms with Crippen molar-refractivity contribution in [1.29, 1.82) is 0 Å². The van der Waals surface area contributed by atoms with Crippen molar-refractivity contribution >= 4 is 5.91 Å². The van der Waals surface area contributed by atoms with Gasteiger partial charge in [-0.2, -0.15) is 0 Å². The molecule has 1 amide bonds. The van der Waals surface area contributed by atoms with E-state index in [4.69, 9.17) is 0 Å². The summed E-state index contributed by atoms with van der Waals surface area (Å²) in [6.07, 6.45) is 0. The molecule has 1 aromatic carbocycles. The van der Waals surface area contributed by atoms with E-state index in [1.807, 2.05) is 18.2 Å². The van der Waals surface area contributed by atoms with Gasteiger partial charge < -0.3 is 5.32 Å². The lowest BCUT2D eigenvalue weighted by Gasteiger charge is -2.13. The summed E-state index contributed by atoms with van der Waals surface area (Å²) >= 11 is 0. The number of carbonyl (C=O) groups is 1. The highest BCUT2D eigenvalue weighted by molar-refractivity contribution is 5.84. The van der Waals surface area contributed by atoms with Gasteiger partial charge >= 0.3 is 0 Å². The molecule has 0 saturated heterocycles. The Morgan fingerprint density at radius 2 is 1.68 bits per heavy atom. The lowest BCUT2D eigenvalue weighted by atomic mass is 10.0. The summed E-state index contributed by atoms with van der Waals surface area (Å²) in [6, 6.07) is 10.3. The summed E-state index contributed by atoms with van der Waals surface area (Å²) in [6.45, 7) is 11.6. The van der Waals surface area contributed by atoms with Gasteiger partial charge in [-0.25, -0.2) is 0 Å². The molecule has 1 fully saturated rings. The van der Waals surface area contributed by atoms with Crippen LogP contribution in [-0.2, 0) is 4.79 Å². The van der Waals surface area contributed by atoms with Crippen LogP contribution in [0.5, 0.6) is 0 Å². The van der Waals surface area contributed by atoms with Gasteiger partial charge in [0, 0.05) is 12.5 Å². The third-order valence-electron chi connectivity index (χ3n) is 5.23. The average Bonchev–Trinajstić information content (AvgIpc) is 2.77. The van der Waals surface area contributed by atoms with E-state index in [-0.39, 0.29) is 22.7 Å². The molecule has 1 N–H and O–H groups in total. The van der Waals surface area contributed by atoms with E-state index in [1.54, 1.807) is 0 Å². The van der Waals surface area contributed by atoms with Gasteiger partial charge in [0.1, 0.15) is 0 Å². The van der Waals surface area contributed by atoms with E-state index in [1.165, 1.54) is 5.56 Å². The van der Waals surface area contributed by atoms with Gasteiger partial charge in [0.05, 0.1) is 0 Å². The van der Waals surface area contributed by atoms with Crippen LogP contribution in [0, 0.1) is 16.7 Å². The molecule has 2 rings (SSSR count). The predicted molar refractivity (Wildman–Crippen MR) is 78.9 cm³/mol. The molecule has 0 spiro atoms. The summed E-state index contributed by atoms with van der Waals surface area (Å²) in [5, 5.41) is 3.12. The number of nitrogens with one attached hydrogen (secondary N) is 1. The van der Waals surface area contributed by atoms with E-state index in [9.17, 15) is 4.79 Å². The third kappa shape index (κ3) is 2.41. The van der Waals surface area contributed by atoms with E-state index in [2.05, 4.69) is 52.1 Å². The molecule has 2 heteroatoms. The number of benzene rings is 1. The molecule has 0 aliphatic heterocycles. The van der Waals surface area contributed by atoms with Gasteiger partial charge in [-0.05, 0) is 22.3 Å². The third-order valence-corrected chi connectivity index (χ3v) is 5.23. The first-order valence-corrected chi connectivity index (χ1v) is 7.11. The monoisotopic (exact) mass is 259 g/mol. The molecule has 0 heterocycles. The molecule has 104 valence electrons. The number of carbonyl (C=O) groups excluding carboxylic acids is 1. The van der Waals surface area contributed by atoms with Gasteiger partial charge in [-0.1, -0.05) is 65.0 Å². The summed E-state index contributed by atoms with van der Waals surface area (Å²) in [5.74, 6) is 0.705. The van der Waals surface area contributed by atoms with Crippen LogP contribution >= 0.6 is 0 Å². The van der Waals surface area contributed by atoms with Crippen molar-refractivity contribution in [1.82, 2.24) is 5.32 Å². The van der Waals surface area contributed by atoms with E-state index in [0.717, 1.165) is 0 Å². The van der Waals surface area contributed by atoms with Crippen LogP contribution in [0.15, 0.2) is 30.3 Å². The first kappa shape index (κ1) is 14.1. The predicted octanol–water partition coefficient (Wildman–Crippen LogP) is 3.59. The van der Waals surface area contributed by atoms with Crippen molar-refractivity contribution in [2.45, 2.75) is 40.5 Å². The maximum absolute atomic E-state index is 12.3. The van der Waals surface area contributed by atoms with E-state index < -0.39 is 0 Å². The first-order chi connectivity index (χ1) is 8.78. The Labute approximate surface area is 116 Å². The Bertz CT molecular complexity index is 447. The number of amides is 1. The highest BCUT2D eigenvalue weighted by atomic mass is 16.2. The SMILES string of the molecule is CC(CNC(=O)C1C(C)(C)C1(C)C)c1ccccc1. The topological polar surface area (TPSA) is 29.1 Å². The number of hydrogen-bond donors (Lipinski definition) is 1. The molecule has 1 atom stereocenters. The van der Waals surface area contributed by atoms with Crippen molar-refractivity contribution in [3.05, 3.63) is 35.9 Å². The lowest BCUT2D eigenvalue weighted by Crippen LogP contribution is -2.30. The average molecular weight is 259 g/mol. The minimum atomic E-state index is 0.118. The van der Waals surface area contributed by atoms with Gasteiger partial charge in [-0.15, -0.1) is 0 Å². The summed E-state index contributed by atoms with van der Waals surface area (Å²) in [5.41, 5.74) is 1.51. The van der Waals surface area contributed by atoms with Crippen molar-refractivity contribution in [2.75, 3.05) is 6.54 Å². The molecule has 1 saturated carbocycles. The summed E-state index contributed by atoms with van der Waals surface area (Å²) in [7, 11) is 0. The molecule has 1 aliphatic carbocycles. The van der Waals surface area contributed by atoms with Crippen molar-refractivity contribution in [3.63, 3.8) is 0 Å². The fourth-order valence-electron chi connectivity index (χ4n) is 3.11.